The highest BCUT2D eigenvalue weighted by Gasteiger charge is 2.21. The Morgan fingerprint density at radius 3 is 3.00 bits per heavy atom. The first kappa shape index (κ1) is 15.2. The molecule has 0 aliphatic carbocycles. The van der Waals surface area contributed by atoms with Crippen LogP contribution in [0.3, 0.4) is 0 Å². The molecule has 1 aromatic carbocycles. The quantitative estimate of drug-likeness (QED) is 0.667. The molecule has 1 fully saturated rings. The Balaban J connectivity index is 1.98. The van der Waals surface area contributed by atoms with E-state index in [1.165, 1.54) is 12.1 Å². The van der Waals surface area contributed by atoms with Crippen LogP contribution in [-0.2, 0) is 4.74 Å². The number of nitrogens with zero attached hydrogens (tertiary/aromatic N) is 2. The number of carbonyl (C=O) groups excluding carboxylic acids is 1. The summed E-state index contributed by atoms with van der Waals surface area (Å²) in [5.74, 6) is 0.362. The molecule has 1 N–H and O–H groups in total. The van der Waals surface area contributed by atoms with Crippen LogP contribution in [0.25, 0.3) is 0 Å². The Kier molecular flexibility index (Phi) is 5.10. The van der Waals surface area contributed by atoms with E-state index >= 15 is 0 Å². The highest BCUT2D eigenvalue weighted by Crippen LogP contribution is 2.18. The largest absolute Gasteiger partial charge is 0.381 e. The summed E-state index contributed by atoms with van der Waals surface area (Å²) in [6.07, 6.45) is 0.959. The lowest BCUT2D eigenvalue weighted by Crippen LogP contribution is -2.38. The average Bonchev–Trinajstić information content (AvgIpc) is 2.97. The fourth-order valence-electron chi connectivity index (χ4n) is 2.29. The standard InChI is InChI=1S/C14H19N3O4/c1-2-16(9-11-6-7-21-10-11)14(18)15-12-4-3-5-13(8-12)17(19)20/h3-5,8,11H,2,6-7,9-10H2,1H3,(H,15,18). The number of benzene rings is 1. The maximum atomic E-state index is 12.2. The van der Waals surface area contributed by atoms with E-state index in [0.717, 1.165) is 13.0 Å². The summed E-state index contributed by atoms with van der Waals surface area (Å²) in [5.41, 5.74) is 0.385. The topological polar surface area (TPSA) is 84.7 Å². The number of rotatable bonds is 5. The molecular formula is C14H19N3O4. The van der Waals surface area contributed by atoms with Crippen molar-refractivity contribution >= 4 is 17.4 Å². The fourth-order valence-corrected chi connectivity index (χ4v) is 2.29. The summed E-state index contributed by atoms with van der Waals surface area (Å²) in [6.45, 7) is 4.55. The van der Waals surface area contributed by atoms with Gasteiger partial charge in [0, 0.05) is 43.4 Å². The first-order valence-corrected chi connectivity index (χ1v) is 6.98. The molecule has 1 heterocycles. The Bertz CT molecular complexity index is 515. The van der Waals surface area contributed by atoms with Crippen molar-refractivity contribution in [3.8, 4) is 0 Å². The SMILES string of the molecule is CCN(CC1CCOC1)C(=O)Nc1cccc([N+](=O)[O-])c1. The molecular weight excluding hydrogens is 274 g/mol. The first-order valence-electron chi connectivity index (χ1n) is 6.98. The zero-order chi connectivity index (χ0) is 15.2. The van der Waals surface area contributed by atoms with Crippen molar-refractivity contribution in [1.82, 2.24) is 4.90 Å². The Labute approximate surface area is 123 Å². The Hall–Kier alpha value is -2.15. The van der Waals surface area contributed by atoms with E-state index in [1.807, 2.05) is 6.92 Å². The van der Waals surface area contributed by atoms with Crippen LogP contribution < -0.4 is 5.32 Å². The molecule has 21 heavy (non-hydrogen) atoms. The molecule has 0 saturated carbocycles. The summed E-state index contributed by atoms with van der Waals surface area (Å²) in [5, 5.41) is 13.4. The molecule has 0 bridgehead atoms. The third-order valence-corrected chi connectivity index (χ3v) is 3.48. The number of nitro groups is 1. The van der Waals surface area contributed by atoms with E-state index in [2.05, 4.69) is 5.32 Å². The van der Waals surface area contributed by atoms with E-state index in [9.17, 15) is 14.9 Å². The fraction of sp³-hybridized carbons (Fsp3) is 0.500. The van der Waals surface area contributed by atoms with Crippen molar-refractivity contribution in [3.05, 3.63) is 34.4 Å². The molecule has 2 rings (SSSR count). The lowest BCUT2D eigenvalue weighted by Gasteiger charge is -2.24. The maximum Gasteiger partial charge on any atom is 0.321 e. The second-order valence-corrected chi connectivity index (χ2v) is 5.01. The van der Waals surface area contributed by atoms with Crippen LogP contribution in [-0.4, -0.2) is 42.2 Å². The average molecular weight is 293 g/mol. The van der Waals surface area contributed by atoms with Crippen LogP contribution in [0.2, 0.25) is 0 Å². The molecule has 7 heteroatoms. The molecule has 0 aromatic heterocycles. The molecule has 1 aromatic rings. The minimum atomic E-state index is -0.483. The number of non-ortho nitro benzene ring substituents is 1. The van der Waals surface area contributed by atoms with Crippen molar-refractivity contribution in [2.24, 2.45) is 5.92 Å². The number of anilines is 1. The molecule has 114 valence electrons. The highest BCUT2D eigenvalue weighted by atomic mass is 16.6. The van der Waals surface area contributed by atoms with Crippen molar-refractivity contribution in [2.45, 2.75) is 13.3 Å². The van der Waals surface area contributed by atoms with Gasteiger partial charge in [-0.05, 0) is 19.4 Å². The van der Waals surface area contributed by atoms with Gasteiger partial charge in [-0.1, -0.05) is 6.07 Å². The predicted molar refractivity (Wildman–Crippen MR) is 78.3 cm³/mol. The minimum Gasteiger partial charge on any atom is -0.381 e. The minimum absolute atomic E-state index is 0.0416. The van der Waals surface area contributed by atoms with Crippen LogP contribution in [0.4, 0.5) is 16.2 Å². The first-order chi connectivity index (χ1) is 10.1. The van der Waals surface area contributed by atoms with Crippen molar-refractivity contribution in [2.75, 3.05) is 31.6 Å². The molecule has 2 amide bonds. The van der Waals surface area contributed by atoms with Crippen molar-refractivity contribution < 1.29 is 14.5 Å². The van der Waals surface area contributed by atoms with Gasteiger partial charge >= 0.3 is 6.03 Å². The molecule has 1 unspecified atom stereocenters. The Morgan fingerprint density at radius 2 is 2.38 bits per heavy atom. The molecule has 1 saturated heterocycles. The molecule has 1 atom stereocenters. The van der Waals surface area contributed by atoms with E-state index < -0.39 is 4.92 Å². The molecule has 0 radical (unpaired) electrons. The van der Waals surface area contributed by atoms with E-state index in [0.29, 0.717) is 31.3 Å². The van der Waals surface area contributed by atoms with Crippen LogP contribution in [0, 0.1) is 16.0 Å². The van der Waals surface area contributed by atoms with Crippen molar-refractivity contribution in [1.29, 1.82) is 0 Å². The number of carbonyl (C=O) groups is 1. The number of nitro benzene ring substituents is 1. The van der Waals surface area contributed by atoms with Gasteiger partial charge in [0.05, 0.1) is 11.5 Å². The lowest BCUT2D eigenvalue weighted by molar-refractivity contribution is -0.384. The molecule has 7 nitrogen and oxygen atoms in total. The highest BCUT2D eigenvalue weighted by molar-refractivity contribution is 5.89. The van der Waals surface area contributed by atoms with Crippen LogP contribution >= 0.6 is 0 Å². The van der Waals surface area contributed by atoms with Gasteiger partial charge in [-0.2, -0.15) is 0 Å². The smallest absolute Gasteiger partial charge is 0.321 e. The lowest BCUT2D eigenvalue weighted by atomic mass is 10.1. The van der Waals surface area contributed by atoms with Gasteiger partial charge in [-0.15, -0.1) is 0 Å². The number of ether oxygens (including phenoxy) is 1. The van der Waals surface area contributed by atoms with Gasteiger partial charge in [0.2, 0.25) is 0 Å². The second-order valence-electron chi connectivity index (χ2n) is 5.01. The van der Waals surface area contributed by atoms with Crippen LogP contribution in [0.15, 0.2) is 24.3 Å². The van der Waals surface area contributed by atoms with Gasteiger partial charge in [0.15, 0.2) is 0 Å². The normalized spacial score (nSPS) is 17.5. The third-order valence-electron chi connectivity index (χ3n) is 3.48. The Morgan fingerprint density at radius 1 is 1.57 bits per heavy atom. The van der Waals surface area contributed by atoms with Gasteiger partial charge < -0.3 is 15.0 Å². The second kappa shape index (κ2) is 7.03. The summed E-state index contributed by atoms with van der Waals surface area (Å²) in [4.78, 5) is 24.2. The van der Waals surface area contributed by atoms with Crippen LogP contribution in [0.1, 0.15) is 13.3 Å². The van der Waals surface area contributed by atoms with E-state index in [-0.39, 0.29) is 11.7 Å². The summed E-state index contributed by atoms with van der Waals surface area (Å²) in [7, 11) is 0. The van der Waals surface area contributed by atoms with Crippen molar-refractivity contribution in [3.63, 3.8) is 0 Å². The maximum absolute atomic E-state index is 12.2. The number of hydrogen-bond acceptors (Lipinski definition) is 4. The number of amides is 2. The molecule has 1 aliphatic heterocycles. The van der Waals surface area contributed by atoms with Gasteiger partial charge in [0.25, 0.3) is 5.69 Å². The summed E-state index contributed by atoms with van der Waals surface area (Å²) >= 11 is 0. The number of hydrogen-bond donors (Lipinski definition) is 1. The monoisotopic (exact) mass is 293 g/mol. The summed E-state index contributed by atoms with van der Waals surface area (Å²) < 4.78 is 5.31. The van der Waals surface area contributed by atoms with E-state index in [1.54, 1.807) is 17.0 Å². The summed E-state index contributed by atoms with van der Waals surface area (Å²) in [6, 6.07) is 5.68. The number of urea groups is 1. The zero-order valence-corrected chi connectivity index (χ0v) is 11.9. The van der Waals surface area contributed by atoms with Gasteiger partial charge in [-0.25, -0.2) is 4.79 Å². The molecule has 1 aliphatic rings. The molecule has 0 spiro atoms. The van der Waals surface area contributed by atoms with Gasteiger partial charge in [-0.3, -0.25) is 10.1 Å². The number of nitrogens with one attached hydrogen (secondary N) is 1. The predicted octanol–water partition coefficient (Wildman–Crippen LogP) is 2.49. The zero-order valence-electron chi connectivity index (χ0n) is 11.9. The third kappa shape index (κ3) is 4.16. The van der Waals surface area contributed by atoms with E-state index in [4.69, 9.17) is 4.74 Å². The van der Waals surface area contributed by atoms with Gasteiger partial charge in [0.1, 0.15) is 0 Å². The van der Waals surface area contributed by atoms with Crippen LogP contribution in [0.5, 0.6) is 0 Å².